The first-order chi connectivity index (χ1) is 12.7. The molecule has 0 spiro atoms. The zero-order valence-electron chi connectivity index (χ0n) is 15.4. The van der Waals surface area contributed by atoms with Crippen molar-refractivity contribution in [2.45, 2.75) is 39.2 Å². The highest BCUT2D eigenvalue weighted by atomic mass is 16.3. The van der Waals surface area contributed by atoms with Crippen LogP contribution in [0.25, 0.3) is 11.3 Å². The Bertz CT molecular complexity index is 879. The Hall–Kier alpha value is -2.39. The number of fused-ring (bicyclic) bond motifs is 1. The Kier molecular flexibility index (Phi) is 4.89. The summed E-state index contributed by atoms with van der Waals surface area (Å²) < 4.78 is 2.21. The van der Waals surface area contributed by atoms with E-state index in [9.17, 15) is 5.11 Å². The minimum atomic E-state index is 0.266. The number of aryl methyl sites for hydroxylation is 4. The summed E-state index contributed by atoms with van der Waals surface area (Å²) in [4.78, 5) is 4.81. The van der Waals surface area contributed by atoms with Gasteiger partial charge in [0.1, 0.15) is 5.82 Å². The summed E-state index contributed by atoms with van der Waals surface area (Å²) in [6.07, 6.45) is 6.26. The Labute approximate surface area is 155 Å². The van der Waals surface area contributed by atoms with Crippen molar-refractivity contribution in [3.05, 3.63) is 77.2 Å². The van der Waals surface area contributed by atoms with Gasteiger partial charge in [0, 0.05) is 37.3 Å². The lowest BCUT2D eigenvalue weighted by Crippen LogP contribution is -2.22. The van der Waals surface area contributed by atoms with Crippen molar-refractivity contribution in [3.8, 4) is 11.3 Å². The molecule has 0 saturated heterocycles. The number of rotatable bonds is 5. The first kappa shape index (κ1) is 17.0. The summed E-state index contributed by atoms with van der Waals surface area (Å²) in [5.74, 6) is 1.52. The molecule has 3 aromatic rings. The third kappa shape index (κ3) is 3.58. The summed E-state index contributed by atoms with van der Waals surface area (Å²) >= 11 is 0. The van der Waals surface area contributed by atoms with Crippen LogP contribution in [-0.4, -0.2) is 21.3 Å². The lowest BCUT2D eigenvalue weighted by Gasteiger charge is -2.21. The summed E-state index contributed by atoms with van der Waals surface area (Å²) in [6.45, 7) is 3.33. The molecule has 1 aliphatic heterocycles. The predicted octanol–water partition coefficient (Wildman–Crippen LogP) is 4.20. The third-order valence-electron chi connectivity index (χ3n) is 5.54. The fourth-order valence-electron chi connectivity index (χ4n) is 3.81. The van der Waals surface area contributed by atoms with Crippen LogP contribution in [0.2, 0.25) is 0 Å². The summed E-state index contributed by atoms with van der Waals surface area (Å²) in [5, 5.41) is 9.39. The highest BCUT2D eigenvalue weighted by Crippen LogP contribution is 2.25. The normalized spacial score (nSPS) is 16.5. The molecule has 1 atom stereocenters. The van der Waals surface area contributed by atoms with Crippen LogP contribution in [0.1, 0.15) is 28.9 Å². The molecule has 134 valence electrons. The lowest BCUT2D eigenvalue weighted by atomic mass is 10.00. The second-order valence-corrected chi connectivity index (χ2v) is 7.41. The molecule has 0 radical (unpaired) electrons. The van der Waals surface area contributed by atoms with Crippen LogP contribution in [0, 0.1) is 12.8 Å². The van der Waals surface area contributed by atoms with Crippen LogP contribution in [0.15, 0.2) is 54.7 Å². The standard InChI is InChI=1S/C23H26N2O/c1-17-4-2-3-5-20(17)10-6-18-7-11-21(12-8-18)22-15-25-14-19(16-26)9-13-23(25)24-22/h2-5,7-8,11-12,15,19,26H,6,9-10,13-14,16H2,1H3. The second-order valence-electron chi connectivity index (χ2n) is 7.41. The Morgan fingerprint density at radius 2 is 1.88 bits per heavy atom. The maximum atomic E-state index is 9.39. The van der Waals surface area contributed by atoms with Crippen LogP contribution in [0.5, 0.6) is 0 Å². The van der Waals surface area contributed by atoms with Crippen molar-refractivity contribution < 1.29 is 5.11 Å². The molecule has 3 heteroatoms. The average molecular weight is 346 g/mol. The molecule has 0 aliphatic carbocycles. The molecule has 0 bridgehead atoms. The lowest BCUT2D eigenvalue weighted by molar-refractivity contribution is 0.190. The van der Waals surface area contributed by atoms with E-state index in [4.69, 9.17) is 4.98 Å². The van der Waals surface area contributed by atoms with Gasteiger partial charge >= 0.3 is 0 Å². The van der Waals surface area contributed by atoms with Gasteiger partial charge in [0.2, 0.25) is 0 Å². The van der Waals surface area contributed by atoms with Crippen LogP contribution >= 0.6 is 0 Å². The van der Waals surface area contributed by atoms with Crippen molar-refractivity contribution in [2.75, 3.05) is 6.61 Å². The molecular weight excluding hydrogens is 320 g/mol. The van der Waals surface area contributed by atoms with E-state index >= 15 is 0 Å². The van der Waals surface area contributed by atoms with Gasteiger partial charge in [-0.05, 0) is 42.9 Å². The maximum Gasteiger partial charge on any atom is 0.109 e. The van der Waals surface area contributed by atoms with E-state index in [0.717, 1.165) is 43.7 Å². The number of nitrogens with zero attached hydrogens (tertiary/aromatic N) is 2. The minimum absolute atomic E-state index is 0.266. The van der Waals surface area contributed by atoms with Crippen molar-refractivity contribution in [1.29, 1.82) is 0 Å². The van der Waals surface area contributed by atoms with E-state index < -0.39 is 0 Å². The zero-order valence-corrected chi connectivity index (χ0v) is 15.4. The van der Waals surface area contributed by atoms with Crippen LogP contribution in [-0.2, 0) is 25.8 Å². The van der Waals surface area contributed by atoms with Gasteiger partial charge < -0.3 is 9.67 Å². The van der Waals surface area contributed by atoms with E-state index in [1.54, 1.807) is 0 Å². The second kappa shape index (κ2) is 7.46. The molecule has 1 unspecified atom stereocenters. The van der Waals surface area contributed by atoms with Gasteiger partial charge in [-0.1, -0.05) is 48.5 Å². The molecule has 2 aromatic carbocycles. The van der Waals surface area contributed by atoms with Crippen LogP contribution < -0.4 is 0 Å². The first-order valence-electron chi connectivity index (χ1n) is 9.53. The van der Waals surface area contributed by atoms with Gasteiger partial charge in [-0.3, -0.25) is 0 Å². The number of hydrogen-bond donors (Lipinski definition) is 1. The molecule has 0 amide bonds. The summed E-state index contributed by atoms with van der Waals surface area (Å²) in [5.41, 5.74) is 6.38. The molecule has 0 saturated carbocycles. The summed E-state index contributed by atoms with van der Waals surface area (Å²) in [7, 11) is 0. The topological polar surface area (TPSA) is 38.0 Å². The molecule has 1 aliphatic rings. The Morgan fingerprint density at radius 1 is 1.08 bits per heavy atom. The number of aliphatic hydroxyl groups is 1. The molecular formula is C23H26N2O. The van der Waals surface area contributed by atoms with E-state index in [-0.39, 0.29) is 6.61 Å². The number of aromatic nitrogens is 2. The number of hydrogen-bond acceptors (Lipinski definition) is 2. The summed E-state index contributed by atoms with van der Waals surface area (Å²) in [6, 6.07) is 17.4. The maximum absolute atomic E-state index is 9.39. The van der Waals surface area contributed by atoms with Gasteiger partial charge in [-0.25, -0.2) is 4.98 Å². The Morgan fingerprint density at radius 3 is 2.65 bits per heavy atom. The molecule has 26 heavy (non-hydrogen) atoms. The SMILES string of the molecule is Cc1ccccc1CCc1ccc(-c2cn3c(n2)CCC(CO)C3)cc1. The van der Waals surface area contributed by atoms with Crippen molar-refractivity contribution in [1.82, 2.24) is 9.55 Å². The van der Waals surface area contributed by atoms with Crippen molar-refractivity contribution in [3.63, 3.8) is 0 Å². The van der Waals surface area contributed by atoms with Crippen molar-refractivity contribution >= 4 is 0 Å². The predicted molar refractivity (Wildman–Crippen MR) is 105 cm³/mol. The minimum Gasteiger partial charge on any atom is -0.396 e. The van der Waals surface area contributed by atoms with Crippen molar-refractivity contribution in [2.24, 2.45) is 5.92 Å². The monoisotopic (exact) mass is 346 g/mol. The molecule has 4 rings (SSSR count). The average Bonchev–Trinajstić information content (AvgIpc) is 3.11. The van der Waals surface area contributed by atoms with Gasteiger partial charge in [0.05, 0.1) is 5.69 Å². The molecule has 1 N–H and O–H groups in total. The van der Waals surface area contributed by atoms with Crippen LogP contribution in [0.4, 0.5) is 0 Å². The third-order valence-corrected chi connectivity index (χ3v) is 5.54. The highest BCUT2D eigenvalue weighted by molar-refractivity contribution is 5.59. The largest absolute Gasteiger partial charge is 0.396 e. The number of benzene rings is 2. The quantitative estimate of drug-likeness (QED) is 0.752. The number of imidazole rings is 1. The molecule has 0 fully saturated rings. The molecule has 1 aromatic heterocycles. The van der Waals surface area contributed by atoms with Crippen LogP contribution in [0.3, 0.4) is 0 Å². The molecule has 2 heterocycles. The molecule has 3 nitrogen and oxygen atoms in total. The van der Waals surface area contributed by atoms with Gasteiger partial charge in [0.15, 0.2) is 0 Å². The van der Waals surface area contributed by atoms with E-state index in [2.05, 4.69) is 66.2 Å². The van der Waals surface area contributed by atoms with E-state index in [1.807, 2.05) is 0 Å². The highest BCUT2D eigenvalue weighted by Gasteiger charge is 2.20. The first-order valence-corrected chi connectivity index (χ1v) is 9.53. The van der Waals surface area contributed by atoms with Gasteiger partial charge in [-0.15, -0.1) is 0 Å². The number of aliphatic hydroxyl groups excluding tert-OH is 1. The Balaban J connectivity index is 1.45. The van der Waals surface area contributed by atoms with Gasteiger partial charge in [0.25, 0.3) is 0 Å². The smallest absolute Gasteiger partial charge is 0.109 e. The fraction of sp³-hybridized carbons (Fsp3) is 0.348. The van der Waals surface area contributed by atoms with E-state index in [0.29, 0.717) is 5.92 Å². The van der Waals surface area contributed by atoms with Gasteiger partial charge in [-0.2, -0.15) is 0 Å². The van der Waals surface area contributed by atoms with E-state index in [1.165, 1.54) is 22.3 Å². The fourth-order valence-corrected chi connectivity index (χ4v) is 3.81. The zero-order chi connectivity index (χ0) is 17.9.